The summed E-state index contributed by atoms with van der Waals surface area (Å²) in [7, 11) is 0. The van der Waals surface area contributed by atoms with Gasteiger partial charge in [0.1, 0.15) is 5.69 Å². The van der Waals surface area contributed by atoms with Gasteiger partial charge in [-0.25, -0.2) is 0 Å². The highest BCUT2D eigenvalue weighted by Crippen LogP contribution is 2.62. The van der Waals surface area contributed by atoms with Crippen molar-refractivity contribution >= 4 is 23.2 Å². The van der Waals surface area contributed by atoms with Crippen molar-refractivity contribution in [1.29, 1.82) is 0 Å². The second-order valence-electron chi connectivity index (χ2n) is 7.04. The van der Waals surface area contributed by atoms with Gasteiger partial charge in [-0.3, -0.25) is 4.90 Å². The summed E-state index contributed by atoms with van der Waals surface area (Å²) >= 11 is 12.0. The smallest absolute Gasteiger partial charge is 0.151 e. The van der Waals surface area contributed by atoms with Gasteiger partial charge in [-0.05, 0) is 29.4 Å². The molecule has 3 nitrogen and oxygen atoms in total. The number of halogens is 2. The van der Waals surface area contributed by atoms with Crippen LogP contribution in [0.2, 0.25) is 10.0 Å². The van der Waals surface area contributed by atoms with Gasteiger partial charge in [0.15, 0.2) is 5.76 Å². The predicted molar refractivity (Wildman–Crippen MR) is 88.0 cm³/mol. The molecule has 2 aromatic rings. The molecule has 1 aromatic carbocycles. The normalized spacial score (nSPS) is 26.2. The van der Waals surface area contributed by atoms with E-state index in [2.05, 4.69) is 23.9 Å². The molecule has 0 amide bonds. The van der Waals surface area contributed by atoms with Crippen LogP contribution in [0.15, 0.2) is 28.8 Å². The van der Waals surface area contributed by atoms with E-state index in [0.29, 0.717) is 15.5 Å². The van der Waals surface area contributed by atoms with Gasteiger partial charge in [0.25, 0.3) is 0 Å². The highest BCUT2D eigenvalue weighted by molar-refractivity contribution is 6.42. The molecule has 1 aliphatic heterocycles. The Hall–Kier alpha value is -1.03. The van der Waals surface area contributed by atoms with E-state index in [0.717, 1.165) is 35.4 Å². The number of nitrogens with zero attached hydrogens (tertiary/aromatic N) is 2. The molecule has 2 unspecified atom stereocenters. The minimum atomic E-state index is 0.533. The van der Waals surface area contributed by atoms with Gasteiger partial charge < -0.3 is 4.52 Å². The van der Waals surface area contributed by atoms with Gasteiger partial charge in [-0.15, -0.1) is 0 Å². The lowest BCUT2D eigenvalue weighted by atomic mass is 10.1. The molecule has 22 heavy (non-hydrogen) atoms. The Morgan fingerprint density at radius 1 is 1.18 bits per heavy atom. The van der Waals surface area contributed by atoms with Gasteiger partial charge in [-0.1, -0.05) is 48.3 Å². The lowest BCUT2D eigenvalue weighted by molar-refractivity contribution is 0.223. The van der Waals surface area contributed by atoms with Gasteiger partial charge in [0.05, 0.1) is 16.6 Å². The first-order valence-electron chi connectivity index (χ1n) is 7.58. The van der Waals surface area contributed by atoms with Crippen LogP contribution in [0.25, 0.3) is 11.3 Å². The van der Waals surface area contributed by atoms with E-state index in [1.165, 1.54) is 13.1 Å². The van der Waals surface area contributed by atoms with Gasteiger partial charge >= 0.3 is 0 Å². The fraction of sp³-hybridized carbons (Fsp3) is 0.471. The summed E-state index contributed by atoms with van der Waals surface area (Å²) in [5.41, 5.74) is 2.27. The van der Waals surface area contributed by atoms with Crippen molar-refractivity contribution < 1.29 is 4.52 Å². The molecule has 1 aliphatic carbocycles. The van der Waals surface area contributed by atoms with Crippen molar-refractivity contribution in [2.75, 3.05) is 13.1 Å². The van der Waals surface area contributed by atoms with Gasteiger partial charge in [0, 0.05) is 24.7 Å². The predicted octanol–water partition coefficient (Wildman–Crippen LogP) is 4.74. The first-order valence-corrected chi connectivity index (χ1v) is 8.34. The Morgan fingerprint density at radius 2 is 1.91 bits per heavy atom. The lowest BCUT2D eigenvalue weighted by Crippen LogP contribution is -2.25. The van der Waals surface area contributed by atoms with Crippen LogP contribution in [0, 0.1) is 17.3 Å². The highest BCUT2D eigenvalue weighted by atomic mass is 35.5. The maximum Gasteiger partial charge on any atom is 0.151 e. The number of piperidine rings is 1. The minimum Gasteiger partial charge on any atom is -0.359 e. The van der Waals surface area contributed by atoms with Crippen LogP contribution in [0.1, 0.15) is 19.6 Å². The third kappa shape index (κ3) is 2.36. The molecular formula is C17H18Cl2N2O. The number of hydrogen-bond acceptors (Lipinski definition) is 3. The maximum absolute atomic E-state index is 6.06. The number of aromatic nitrogens is 1. The average molecular weight is 337 g/mol. The fourth-order valence-electron chi connectivity index (χ4n) is 3.74. The van der Waals surface area contributed by atoms with Crippen molar-refractivity contribution in [3.63, 3.8) is 0 Å². The molecule has 5 heteroatoms. The Balaban J connectivity index is 1.45. The van der Waals surface area contributed by atoms with Crippen LogP contribution in [-0.4, -0.2) is 23.1 Å². The van der Waals surface area contributed by atoms with E-state index in [1.807, 2.05) is 18.2 Å². The van der Waals surface area contributed by atoms with E-state index in [-0.39, 0.29) is 0 Å². The molecule has 4 rings (SSSR count). The van der Waals surface area contributed by atoms with Crippen LogP contribution >= 0.6 is 23.2 Å². The molecule has 116 valence electrons. The van der Waals surface area contributed by atoms with Crippen molar-refractivity contribution in [1.82, 2.24) is 10.1 Å². The summed E-state index contributed by atoms with van der Waals surface area (Å²) in [6.07, 6.45) is 0. The zero-order chi connectivity index (χ0) is 15.5. The molecule has 2 heterocycles. The maximum atomic E-state index is 6.06. The Labute approximate surface area is 140 Å². The van der Waals surface area contributed by atoms with Crippen LogP contribution in [0.3, 0.4) is 0 Å². The SMILES string of the molecule is CC1(C)C2CN(Cc3cc(-c4ccc(Cl)c(Cl)c4)no3)CC21. The number of rotatable bonds is 3. The topological polar surface area (TPSA) is 29.3 Å². The first kappa shape index (κ1) is 14.6. The summed E-state index contributed by atoms with van der Waals surface area (Å²) in [6.45, 7) is 7.91. The molecule has 0 N–H and O–H groups in total. The quantitative estimate of drug-likeness (QED) is 0.810. The van der Waals surface area contributed by atoms with Crippen molar-refractivity contribution in [3.05, 3.63) is 40.1 Å². The number of hydrogen-bond donors (Lipinski definition) is 0. The molecule has 0 bridgehead atoms. The van der Waals surface area contributed by atoms with Gasteiger partial charge in [0.2, 0.25) is 0 Å². The first-order chi connectivity index (χ1) is 10.4. The summed E-state index contributed by atoms with van der Waals surface area (Å²) in [5.74, 6) is 2.61. The second-order valence-corrected chi connectivity index (χ2v) is 7.85. The number of benzene rings is 1. The zero-order valence-electron chi connectivity index (χ0n) is 12.6. The molecular weight excluding hydrogens is 319 g/mol. The van der Waals surface area contributed by atoms with Crippen LogP contribution in [-0.2, 0) is 6.54 Å². The van der Waals surface area contributed by atoms with Crippen molar-refractivity contribution in [2.45, 2.75) is 20.4 Å². The Bertz CT molecular complexity index is 711. The largest absolute Gasteiger partial charge is 0.359 e. The standard InChI is InChI=1S/C17H18Cl2N2O/c1-17(2)12-8-21(9-13(12)17)7-11-6-16(20-22-11)10-3-4-14(18)15(19)5-10/h3-6,12-13H,7-9H2,1-2H3. The summed E-state index contributed by atoms with van der Waals surface area (Å²) in [5, 5.41) is 5.24. The summed E-state index contributed by atoms with van der Waals surface area (Å²) < 4.78 is 5.49. The highest BCUT2D eigenvalue weighted by Gasteiger charge is 2.61. The van der Waals surface area contributed by atoms with E-state index in [1.54, 1.807) is 6.07 Å². The van der Waals surface area contributed by atoms with E-state index >= 15 is 0 Å². The number of likely N-dealkylation sites (tertiary alicyclic amines) is 1. The van der Waals surface area contributed by atoms with Crippen molar-refractivity contribution in [2.24, 2.45) is 17.3 Å². The third-order valence-corrected chi connectivity index (χ3v) is 6.09. The average Bonchev–Trinajstić information content (AvgIpc) is 2.92. The molecule has 2 fully saturated rings. The minimum absolute atomic E-state index is 0.533. The van der Waals surface area contributed by atoms with Gasteiger partial charge in [-0.2, -0.15) is 0 Å². The Morgan fingerprint density at radius 3 is 2.59 bits per heavy atom. The molecule has 1 saturated heterocycles. The van der Waals surface area contributed by atoms with E-state index in [9.17, 15) is 0 Å². The fourth-order valence-corrected chi connectivity index (χ4v) is 4.04. The van der Waals surface area contributed by atoms with Crippen LogP contribution in [0.5, 0.6) is 0 Å². The van der Waals surface area contributed by atoms with Crippen LogP contribution < -0.4 is 0 Å². The lowest BCUT2D eigenvalue weighted by Gasteiger charge is -2.19. The molecule has 1 saturated carbocycles. The third-order valence-electron chi connectivity index (χ3n) is 5.35. The summed E-state index contributed by atoms with van der Waals surface area (Å²) in [6, 6.07) is 7.50. The summed E-state index contributed by atoms with van der Waals surface area (Å²) in [4.78, 5) is 2.46. The molecule has 1 aromatic heterocycles. The monoisotopic (exact) mass is 336 g/mol. The second kappa shape index (κ2) is 4.98. The van der Waals surface area contributed by atoms with Crippen molar-refractivity contribution in [3.8, 4) is 11.3 Å². The number of fused-ring (bicyclic) bond motifs is 1. The van der Waals surface area contributed by atoms with E-state index in [4.69, 9.17) is 27.7 Å². The molecule has 2 atom stereocenters. The zero-order valence-corrected chi connectivity index (χ0v) is 14.2. The Kier molecular flexibility index (Phi) is 3.30. The molecule has 0 radical (unpaired) electrons. The van der Waals surface area contributed by atoms with Crippen LogP contribution in [0.4, 0.5) is 0 Å². The van der Waals surface area contributed by atoms with E-state index < -0.39 is 0 Å². The molecule has 0 spiro atoms. The molecule has 2 aliphatic rings.